The number of aryl methyl sites for hydroxylation is 3. The molecular formula is C18H21ClN2O. The number of rotatable bonds is 5. The molecule has 2 aromatic carbocycles. The number of amides is 1. The van der Waals surface area contributed by atoms with E-state index in [-0.39, 0.29) is 5.91 Å². The van der Waals surface area contributed by atoms with Crippen LogP contribution in [0.5, 0.6) is 0 Å². The van der Waals surface area contributed by atoms with Crippen molar-refractivity contribution in [1.82, 2.24) is 0 Å². The number of halogens is 1. The van der Waals surface area contributed by atoms with Gasteiger partial charge in [-0.1, -0.05) is 35.4 Å². The van der Waals surface area contributed by atoms with E-state index in [0.717, 1.165) is 16.9 Å². The molecular weight excluding hydrogens is 296 g/mol. The minimum atomic E-state index is -0.0253. The Kier molecular flexibility index (Phi) is 5.45. The molecule has 2 rings (SSSR count). The third-order valence-electron chi connectivity index (χ3n) is 3.52. The summed E-state index contributed by atoms with van der Waals surface area (Å²) in [5.74, 6) is -0.0253. The van der Waals surface area contributed by atoms with Crippen LogP contribution in [0.25, 0.3) is 0 Å². The van der Waals surface area contributed by atoms with Crippen molar-refractivity contribution in [2.24, 2.45) is 0 Å². The zero-order chi connectivity index (χ0) is 16.1. The fourth-order valence-electron chi connectivity index (χ4n) is 2.26. The summed E-state index contributed by atoms with van der Waals surface area (Å²) < 4.78 is 0. The minimum Gasteiger partial charge on any atom is -0.384 e. The molecule has 0 aliphatic rings. The molecule has 1 amide bonds. The summed E-state index contributed by atoms with van der Waals surface area (Å²) in [5, 5.41) is 6.81. The molecule has 0 fully saturated rings. The molecule has 0 aliphatic carbocycles. The second-order valence-electron chi connectivity index (χ2n) is 5.50. The van der Waals surface area contributed by atoms with Gasteiger partial charge in [-0.25, -0.2) is 0 Å². The molecule has 0 heterocycles. The highest BCUT2D eigenvalue weighted by atomic mass is 35.5. The van der Waals surface area contributed by atoms with Gasteiger partial charge >= 0.3 is 0 Å². The Morgan fingerprint density at radius 2 is 1.77 bits per heavy atom. The van der Waals surface area contributed by atoms with Crippen molar-refractivity contribution in [3.63, 3.8) is 0 Å². The van der Waals surface area contributed by atoms with Gasteiger partial charge in [0.15, 0.2) is 0 Å². The molecule has 0 aliphatic heterocycles. The Hall–Kier alpha value is -2.00. The average molecular weight is 317 g/mol. The van der Waals surface area contributed by atoms with E-state index in [2.05, 4.69) is 36.6 Å². The van der Waals surface area contributed by atoms with Gasteiger partial charge in [-0.05, 0) is 50.1 Å². The highest BCUT2D eigenvalue weighted by Gasteiger charge is 2.06. The lowest BCUT2D eigenvalue weighted by Crippen LogP contribution is -2.17. The van der Waals surface area contributed by atoms with E-state index in [1.165, 1.54) is 11.1 Å². The average Bonchev–Trinajstić information content (AvgIpc) is 2.45. The largest absolute Gasteiger partial charge is 0.384 e. The maximum absolute atomic E-state index is 12.0. The number of hydrogen-bond acceptors (Lipinski definition) is 2. The van der Waals surface area contributed by atoms with Crippen LogP contribution in [0, 0.1) is 20.8 Å². The van der Waals surface area contributed by atoms with Crippen LogP contribution in [0.1, 0.15) is 23.1 Å². The van der Waals surface area contributed by atoms with Crippen LogP contribution >= 0.6 is 11.6 Å². The SMILES string of the molecule is Cc1ccc(NCCC(=O)Nc2cc(Cl)ccc2C)c(C)c1. The van der Waals surface area contributed by atoms with Crippen LogP contribution in [0.3, 0.4) is 0 Å². The molecule has 0 unspecified atom stereocenters. The molecule has 0 bridgehead atoms. The van der Waals surface area contributed by atoms with Crippen LogP contribution in [0.2, 0.25) is 5.02 Å². The molecule has 116 valence electrons. The monoisotopic (exact) mass is 316 g/mol. The van der Waals surface area contributed by atoms with Crippen molar-refractivity contribution in [3.05, 3.63) is 58.1 Å². The predicted octanol–water partition coefficient (Wildman–Crippen LogP) is 4.71. The fraction of sp³-hybridized carbons (Fsp3) is 0.278. The van der Waals surface area contributed by atoms with Gasteiger partial charge in [0.2, 0.25) is 5.91 Å². The molecule has 0 saturated heterocycles. The first-order valence-electron chi connectivity index (χ1n) is 7.33. The van der Waals surface area contributed by atoms with E-state index in [4.69, 9.17) is 11.6 Å². The van der Waals surface area contributed by atoms with Gasteiger partial charge < -0.3 is 10.6 Å². The lowest BCUT2D eigenvalue weighted by Gasteiger charge is -2.11. The summed E-state index contributed by atoms with van der Waals surface area (Å²) in [6, 6.07) is 11.7. The highest BCUT2D eigenvalue weighted by molar-refractivity contribution is 6.31. The van der Waals surface area contributed by atoms with E-state index in [9.17, 15) is 4.79 Å². The lowest BCUT2D eigenvalue weighted by molar-refractivity contribution is -0.115. The standard InChI is InChI=1S/C18H21ClN2O/c1-12-4-7-16(14(3)10-12)20-9-8-18(22)21-17-11-15(19)6-5-13(17)2/h4-7,10-11,20H,8-9H2,1-3H3,(H,21,22). The van der Waals surface area contributed by atoms with E-state index >= 15 is 0 Å². The second-order valence-corrected chi connectivity index (χ2v) is 5.94. The molecule has 0 aromatic heterocycles. The molecule has 0 atom stereocenters. The molecule has 22 heavy (non-hydrogen) atoms. The Balaban J connectivity index is 1.86. The fourth-order valence-corrected chi connectivity index (χ4v) is 2.44. The zero-order valence-electron chi connectivity index (χ0n) is 13.2. The maximum atomic E-state index is 12.0. The van der Waals surface area contributed by atoms with Crippen molar-refractivity contribution in [2.75, 3.05) is 17.2 Å². The number of carbonyl (C=O) groups is 1. The van der Waals surface area contributed by atoms with Gasteiger partial charge in [-0.3, -0.25) is 4.79 Å². The third-order valence-corrected chi connectivity index (χ3v) is 3.76. The molecule has 2 aromatic rings. The van der Waals surface area contributed by atoms with Gasteiger partial charge in [0.1, 0.15) is 0 Å². The summed E-state index contributed by atoms with van der Waals surface area (Å²) in [4.78, 5) is 12.0. The van der Waals surface area contributed by atoms with E-state index < -0.39 is 0 Å². The number of benzene rings is 2. The first-order valence-corrected chi connectivity index (χ1v) is 7.70. The van der Waals surface area contributed by atoms with Crippen LogP contribution in [-0.4, -0.2) is 12.5 Å². The van der Waals surface area contributed by atoms with Crippen molar-refractivity contribution in [2.45, 2.75) is 27.2 Å². The van der Waals surface area contributed by atoms with Crippen molar-refractivity contribution < 1.29 is 4.79 Å². The number of anilines is 2. The number of nitrogens with one attached hydrogen (secondary N) is 2. The molecule has 0 saturated carbocycles. The van der Waals surface area contributed by atoms with Gasteiger partial charge in [-0.15, -0.1) is 0 Å². The highest BCUT2D eigenvalue weighted by Crippen LogP contribution is 2.20. The van der Waals surface area contributed by atoms with Gasteiger partial charge in [0.25, 0.3) is 0 Å². The summed E-state index contributed by atoms with van der Waals surface area (Å²) in [7, 11) is 0. The minimum absolute atomic E-state index is 0.0253. The van der Waals surface area contributed by atoms with E-state index in [1.807, 2.05) is 25.1 Å². The quantitative estimate of drug-likeness (QED) is 0.839. The molecule has 4 heteroatoms. The van der Waals surface area contributed by atoms with Crippen LogP contribution in [0.4, 0.5) is 11.4 Å². The van der Waals surface area contributed by atoms with Gasteiger partial charge in [0, 0.05) is 29.4 Å². The van der Waals surface area contributed by atoms with Gasteiger partial charge in [0.05, 0.1) is 0 Å². The topological polar surface area (TPSA) is 41.1 Å². The Morgan fingerprint density at radius 3 is 2.50 bits per heavy atom. The zero-order valence-corrected chi connectivity index (χ0v) is 13.9. The summed E-state index contributed by atoms with van der Waals surface area (Å²) in [6.45, 7) is 6.66. The van der Waals surface area contributed by atoms with E-state index in [1.54, 1.807) is 6.07 Å². The maximum Gasteiger partial charge on any atom is 0.226 e. The molecule has 0 radical (unpaired) electrons. The Bertz CT molecular complexity index is 683. The van der Waals surface area contributed by atoms with Crippen molar-refractivity contribution in [1.29, 1.82) is 0 Å². The van der Waals surface area contributed by atoms with Crippen LogP contribution in [-0.2, 0) is 4.79 Å². The predicted molar refractivity (Wildman–Crippen MR) is 93.8 cm³/mol. The number of carbonyl (C=O) groups excluding carboxylic acids is 1. The normalized spacial score (nSPS) is 10.4. The third kappa shape index (κ3) is 4.50. The molecule has 2 N–H and O–H groups in total. The van der Waals surface area contributed by atoms with Crippen LogP contribution in [0.15, 0.2) is 36.4 Å². The van der Waals surface area contributed by atoms with Crippen molar-refractivity contribution >= 4 is 28.9 Å². The van der Waals surface area contributed by atoms with E-state index in [0.29, 0.717) is 18.0 Å². The summed E-state index contributed by atoms with van der Waals surface area (Å²) in [6.07, 6.45) is 0.402. The smallest absolute Gasteiger partial charge is 0.226 e. The first kappa shape index (κ1) is 16.4. The number of hydrogen-bond donors (Lipinski definition) is 2. The van der Waals surface area contributed by atoms with Gasteiger partial charge in [-0.2, -0.15) is 0 Å². The lowest BCUT2D eigenvalue weighted by atomic mass is 10.1. The summed E-state index contributed by atoms with van der Waals surface area (Å²) in [5.41, 5.74) is 5.25. The molecule has 3 nitrogen and oxygen atoms in total. The van der Waals surface area contributed by atoms with Crippen molar-refractivity contribution in [3.8, 4) is 0 Å². The second kappa shape index (κ2) is 7.32. The first-order chi connectivity index (χ1) is 10.5. The summed E-state index contributed by atoms with van der Waals surface area (Å²) >= 11 is 5.95. The van der Waals surface area contributed by atoms with Crippen LogP contribution < -0.4 is 10.6 Å². The Labute approximate surface area is 136 Å². The Morgan fingerprint density at radius 1 is 1.00 bits per heavy atom. The molecule has 0 spiro atoms.